The van der Waals surface area contributed by atoms with Crippen LogP contribution in [0.25, 0.3) is 0 Å². The summed E-state index contributed by atoms with van der Waals surface area (Å²) in [7, 11) is 0. The maximum atomic E-state index is 11.9. The Morgan fingerprint density at radius 3 is 2.60 bits per heavy atom. The van der Waals surface area contributed by atoms with Crippen molar-refractivity contribution in [2.75, 3.05) is 0 Å². The monoisotopic (exact) mass is 345 g/mol. The summed E-state index contributed by atoms with van der Waals surface area (Å²) in [6.45, 7) is 7.08. The van der Waals surface area contributed by atoms with Gasteiger partial charge in [0.1, 0.15) is 6.23 Å². The summed E-state index contributed by atoms with van der Waals surface area (Å²) >= 11 is 0. The molecule has 3 nitrogen and oxygen atoms in total. The summed E-state index contributed by atoms with van der Waals surface area (Å²) in [6, 6.07) is 0. The van der Waals surface area contributed by atoms with Crippen molar-refractivity contribution in [3.05, 3.63) is 11.6 Å². The molecular weight excluding hydrogens is 310 g/mol. The molecule has 8 atom stereocenters. The van der Waals surface area contributed by atoms with Crippen LogP contribution in [0.1, 0.15) is 72.1 Å². The maximum absolute atomic E-state index is 11.9. The molecular formula is C22H35NO2. The molecule has 4 aliphatic rings. The van der Waals surface area contributed by atoms with Gasteiger partial charge in [-0.15, -0.1) is 0 Å². The first kappa shape index (κ1) is 17.7. The highest BCUT2D eigenvalue weighted by Gasteiger charge is 2.59. The van der Waals surface area contributed by atoms with Crippen molar-refractivity contribution >= 4 is 5.78 Å². The van der Waals surface area contributed by atoms with Gasteiger partial charge in [-0.05, 0) is 91.4 Å². The molecule has 0 saturated heterocycles. The van der Waals surface area contributed by atoms with E-state index in [9.17, 15) is 9.90 Å². The maximum Gasteiger partial charge on any atom is 0.155 e. The second kappa shape index (κ2) is 5.92. The zero-order chi connectivity index (χ0) is 18.0. The molecule has 0 heterocycles. The largest absolute Gasteiger partial charge is 0.379 e. The summed E-state index contributed by atoms with van der Waals surface area (Å²) in [4.78, 5) is 11.9. The van der Waals surface area contributed by atoms with Gasteiger partial charge < -0.3 is 10.8 Å². The molecule has 0 aliphatic heterocycles. The molecule has 25 heavy (non-hydrogen) atoms. The van der Waals surface area contributed by atoms with E-state index in [0.717, 1.165) is 37.0 Å². The van der Waals surface area contributed by atoms with E-state index in [2.05, 4.69) is 20.8 Å². The molecule has 3 fully saturated rings. The molecule has 3 heteroatoms. The number of allylic oxidation sites excluding steroid dienone is 1. The van der Waals surface area contributed by atoms with Crippen LogP contribution in [0.15, 0.2) is 11.6 Å². The molecule has 0 radical (unpaired) electrons. The lowest BCUT2D eigenvalue weighted by atomic mass is 9.46. The molecule has 140 valence electrons. The summed E-state index contributed by atoms with van der Waals surface area (Å²) < 4.78 is 0. The molecule has 3 saturated carbocycles. The average molecular weight is 346 g/mol. The van der Waals surface area contributed by atoms with E-state index in [-0.39, 0.29) is 11.3 Å². The van der Waals surface area contributed by atoms with Gasteiger partial charge in [-0.25, -0.2) is 0 Å². The third-order valence-electron chi connectivity index (χ3n) is 9.21. The molecule has 4 rings (SSSR count). The molecule has 4 aliphatic carbocycles. The van der Waals surface area contributed by atoms with Crippen LogP contribution in [0.2, 0.25) is 0 Å². The van der Waals surface area contributed by atoms with Crippen LogP contribution in [-0.2, 0) is 4.79 Å². The Bertz CT molecular complexity index is 597. The molecule has 0 amide bonds. The van der Waals surface area contributed by atoms with Gasteiger partial charge in [0.05, 0.1) is 0 Å². The molecule has 0 aromatic carbocycles. The number of aliphatic hydroxyl groups excluding tert-OH is 1. The summed E-state index contributed by atoms with van der Waals surface area (Å²) in [5, 5.41) is 9.98. The minimum atomic E-state index is -0.693. The fourth-order valence-electron chi connectivity index (χ4n) is 7.70. The van der Waals surface area contributed by atoms with Crippen LogP contribution in [-0.4, -0.2) is 17.1 Å². The second-order valence-electron chi connectivity index (χ2n) is 10.0. The van der Waals surface area contributed by atoms with Gasteiger partial charge in [0.25, 0.3) is 0 Å². The Kier molecular flexibility index (Phi) is 4.20. The van der Waals surface area contributed by atoms with Crippen molar-refractivity contribution in [1.29, 1.82) is 0 Å². The van der Waals surface area contributed by atoms with E-state index in [0.29, 0.717) is 17.1 Å². The fraction of sp³-hybridized carbons (Fsp3) is 0.864. The zero-order valence-corrected chi connectivity index (χ0v) is 16.1. The lowest BCUT2D eigenvalue weighted by molar-refractivity contribution is -0.117. The van der Waals surface area contributed by atoms with Gasteiger partial charge in [-0.1, -0.05) is 26.3 Å². The summed E-state index contributed by atoms with van der Waals surface area (Å²) in [6.07, 6.45) is 10.5. The van der Waals surface area contributed by atoms with Crippen molar-refractivity contribution in [2.24, 2.45) is 46.2 Å². The van der Waals surface area contributed by atoms with Crippen molar-refractivity contribution < 1.29 is 9.90 Å². The number of rotatable bonds is 2. The lowest BCUT2D eigenvalue weighted by Crippen LogP contribution is -2.51. The molecule has 3 N–H and O–H groups in total. The number of nitrogens with two attached hydrogens (primary N) is 1. The third-order valence-corrected chi connectivity index (χ3v) is 9.21. The standard InChI is InChI=1S/C22H35NO2/c1-13(20(23)25)17-6-7-18-16-5-4-14-12-15(24)8-10-21(14,2)19(16)9-11-22(17,18)3/h12-13,16-20,25H,4-11,23H2,1-3H3/t13?,16-,17+,18-,19-,20?,21-,22+/m0/s1. The topological polar surface area (TPSA) is 63.3 Å². The van der Waals surface area contributed by atoms with Crippen LogP contribution in [0.5, 0.6) is 0 Å². The smallest absolute Gasteiger partial charge is 0.155 e. The van der Waals surface area contributed by atoms with E-state index in [1.807, 2.05) is 6.08 Å². The Hall–Kier alpha value is -0.670. The molecule has 0 aromatic rings. The van der Waals surface area contributed by atoms with Crippen LogP contribution in [0.4, 0.5) is 0 Å². The van der Waals surface area contributed by atoms with Crippen molar-refractivity contribution in [3.8, 4) is 0 Å². The Balaban J connectivity index is 1.62. The van der Waals surface area contributed by atoms with Gasteiger partial charge in [0.2, 0.25) is 0 Å². The van der Waals surface area contributed by atoms with Gasteiger partial charge >= 0.3 is 0 Å². The fourth-order valence-corrected chi connectivity index (χ4v) is 7.70. The van der Waals surface area contributed by atoms with E-state index in [4.69, 9.17) is 5.73 Å². The van der Waals surface area contributed by atoms with Gasteiger partial charge in [-0.3, -0.25) is 4.79 Å². The van der Waals surface area contributed by atoms with E-state index in [1.54, 1.807) is 0 Å². The predicted octanol–water partition coefficient (Wildman–Crippen LogP) is 4.05. The van der Waals surface area contributed by atoms with Crippen molar-refractivity contribution in [1.82, 2.24) is 0 Å². The Morgan fingerprint density at radius 2 is 1.88 bits per heavy atom. The predicted molar refractivity (Wildman–Crippen MR) is 99.6 cm³/mol. The number of hydrogen-bond acceptors (Lipinski definition) is 3. The van der Waals surface area contributed by atoms with Gasteiger partial charge in [0.15, 0.2) is 5.78 Å². The van der Waals surface area contributed by atoms with Gasteiger partial charge in [-0.2, -0.15) is 0 Å². The Morgan fingerprint density at radius 1 is 1.12 bits per heavy atom. The second-order valence-corrected chi connectivity index (χ2v) is 10.0. The highest BCUT2D eigenvalue weighted by atomic mass is 16.3. The van der Waals surface area contributed by atoms with Crippen LogP contribution >= 0.6 is 0 Å². The normalized spacial score (nSPS) is 48.8. The van der Waals surface area contributed by atoms with E-state index in [1.165, 1.54) is 37.7 Å². The minimum Gasteiger partial charge on any atom is -0.379 e. The van der Waals surface area contributed by atoms with E-state index >= 15 is 0 Å². The molecule has 0 spiro atoms. The highest BCUT2D eigenvalue weighted by Crippen LogP contribution is 2.67. The summed E-state index contributed by atoms with van der Waals surface area (Å²) in [5.74, 6) is 3.40. The SMILES string of the molecule is CC(C(N)O)[C@H]1CC[C@H]2[C@@H]3CCC4=CC(=O)CC[C@]4(C)[C@H]3CC[C@]12C. The van der Waals surface area contributed by atoms with E-state index < -0.39 is 6.23 Å². The first-order valence-electron chi connectivity index (χ1n) is 10.4. The van der Waals surface area contributed by atoms with Crippen LogP contribution in [0, 0.1) is 40.4 Å². The van der Waals surface area contributed by atoms with Crippen molar-refractivity contribution in [2.45, 2.75) is 78.4 Å². The van der Waals surface area contributed by atoms with Crippen LogP contribution in [0.3, 0.4) is 0 Å². The molecule has 0 aromatic heterocycles. The lowest BCUT2D eigenvalue weighted by Gasteiger charge is -2.58. The highest BCUT2D eigenvalue weighted by molar-refractivity contribution is 5.91. The minimum absolute atomic E-state index is 0.188. The Labute approximate surface area is 152 Å². The number of hydrogen-bond donors (Lipinski definition) is 2. The van der Waals surface area contributed by atoms with Gasteiger partial charge in [0, 0.05) is 6.42 Å². The quantitative estimate of drug-likeness (QED) is 0.742. The molecule has 0 bridgehead atoms. The zero-order valence-electron chi connectivity index (χ0n) is 16.1. The number of aliphatic hydroxyl groups is 1. The number of carbonyl (C=O) groups excluding carboxylic acids is 1. The number of ketones is 1. The first-order chi connectivity index (χ1) is 11.8. The average Bonchev–Trinajstić information content (AvgIpc) is 2.92. The van der Waals surface area contributed by atoms with Crippen molar-refractivity contribution in [3.63, 3.8) is 0 Å². The molecule has 2 unspecified atom stereocenters. The number of fused-ring (bicyclic) bond motifs is 5. The summed E-state index contributed by atoms with van der Waals surface area (Å²) in [5.41, 5.74) is 7.91. The number of carbonyl (C=O) groups is 1. The first-order valence-corrected chi connectivity index (χ1v) is 10.4. The van der Waals surface area contributed by atoms with Crippen LogP contribution < -0.4 is 5.73 Å². The third kappa shape index (κ3) is 2.49.